The van der Waals surface area contributed by atoms with Gasteiger partial charge in [0.05, 0.1) is 19.3 Å². The Morgan fingerprint density at radius 3 is 2.66 bits per heavy atom. The Hall–Kier alpha value is -1.15. The lowest BCUT2D eigenvalue weighted by molar-refractivity contribution is 0.0177. The highest BCUT2D eigenvalue weighted by Gasteiger charge is 2.33. The Bertz CT molecular complexity index is 637. The largest absolute Gasteiger partial charge is 0.385 e. The summed E-state index contributed by atoms with van der Waals surface area (Å²) in [5, 5.41) is 7.22. The second-order valence-electron chi connectivity index (χ2n) is 8.37. The summed E-state index contributed by atoms with van der Waals surface area (Å²) in [6.07, 6.45) is 6.34. The molecule has 1 aromatic heterocycles. The van der Waals surface area contributed by atoms with Crippen LogP contribution in [0, 0.1) is 12.3 Å². The Morgan fingerprint density at radius 1 is 1.28 bits per heavy atom. The Balaban J connectivity index is 1.58. The number of hydrogen-bond acceptors (Lipinski definition) is 5. The highest BCUT2D eigenvalue weighted by atomic mass is 32.1. The molecule has 0 radical (unpaired) electrons. The minimum atomic E-state index is 0.349. The highest BCUT2D eigenvalue weighted by molar-refractivity contribution is 7.12. The number of nitrogens with one attached hydrogen (secondary N) is 2. The second-order valence-corrected chi connectivity index (χ2v) is 9.69. The van der Waals surface area contributed by atoms with Gasteiger partial charge in [-0.15, -0.1) is 11.3 Å². The van der Waals surface area contributed by atoms with Crippen LogP contribution in [0.25, 0.3) is 0 Å². The lowest BCUT2D eigenvalue weighted by Gasteiger charge is -2.35. The van der Waals surface area contributed by atoms with Crippen molar-refractivity contribution in [2.45, 2.75) is 45.1 Å². The van der Waals surface area contributed by atoms with Gasteiger partial charge in [-0.05, 0) is 43.7 Å². The van der Waals surface area contributed by atoms with Crippen LogP contribution in [-0.4, -0.2) is 71.0 Å². The minimum Gasteiger partial charge on any atom is -0.385 e. The van der Waals surface area contributed by atoms with Gasteiger partial charge in [-0.1, -0.05) is 12.8 Å². The van der Waals surface area contributed by atoms with Crippen molar-refractivity contribution in [3.63, 3.8) is 0 Å². The summed E-state index contributed by atoms with van der Waals surface area (Å²) in [6, 6.07) is 4.85. The maximum absolute atomic E-state index is 5.57. The molecule has 0 spiro atoms. The molecule has 1 aromatic rings. The quantitative estimate of drug-likeness (QED) is 0.473. The molecular weight excluding hydrogens is 384 g/mol. The summed E-state index contributed by atoms with van der Waals surface area (Å²) in [5.41, 5.74) is 0.349. The van der Waals surface area contributed by atoms with Crippen LogP contribution in [-0.2, 0) is 9.47 Å². The first-order valence-electron chi connectivity index (χ1n) is 11.0. The predicted molar refractivity (Wildman–Crippen MR) is 121 cm³/mol. The third-order valence-corrected chi connectivity index (χ3v) is 7.50. The standard InChI is InChI=1S/C22H38N4O2S/c1-18-6-7-20(29-18)19(26-11-14-28-15-12-26)16-24-21(23-2)25-17-22(10-13-27-3)8-4-5-9-22/h6-7,19H,4-5,8-17H2,1-3H3,(H2,23,24,25). The summed E-state index contributed by atoms with van der Waals surface area (Å²) in [7, 11) is 3.67. The number of aliphatic imine (C=N–C) groups is 1. The Kier molecular flexibility index (Phi) is 8.78. The molecule has 1 atom stereocenters. The molecule has 0 amide bonds. The van der Waals surface area contributed by atoms with Crippen LogP contribution in [0.5, 0.6) is 0 Å². The molecule has 2 heterocycles. The fourth-order valence-corrected chi connectivity index (χ4v) is 5.59. The Labute approximate surface area is 180 Å². The fourth-order valence-electron chi connectivity index (χ4n) is 4.58. The molecule has 0 bridgehead atoms. The normalized spacial score (nSPS) is 21.3. The summed E-state index contributed by atoms with van der Waals surface area (Å²) in [5.74, 6) is 0.903. The van der Waals surface area contributed by atoms with Gasteiger partial charge in [0.1, 0.15) is 0 Å². The maximum atomic E-state index is 5.57. The van der Waals surface area contributed by atoms with Crippen LogP contribution < -0.4 is 10.6 Å². The average Bonchev–Trinajstić information content (AvgIpc) is 3.39. The van der Waals surface area contributed by atoms with E-state index in [0.29, 0.717) is 11.5 Å². The van der Waals surface area contributed by atoms with Crippen molar-refractivity contribution in [1.29, 1.82) is 0 Å². The van der Waals surface area contributed by atoms with Crippen LogP contribution in [0.3, 0.4) is 0 Å². The van der Waals surface area contributed by atoms with E-state index in [2.05, 4.69) is 39.6 Å². The molecule has 1 aliphatic carbocycles. The van der Waals surface area contributed by atoms with Crippen molar-refractivity contribution in [2.24, 2.45) is 10.4 Å². The van der Waals surface area contributed by atoms with Crippen LogP contribution in [0.2, 0.25) is 0 Å². The first kappa shape index (κ1) is 22.5. The number of hydrogen-bond donors (Lipinski definition) is 2. The number of thiophene rings is 1. The van der Waals surface area contributed by atoms with Gasteiger partial charge in [0, 0.05) is 56.7 Å². The molecule has 7 heteroatoms. The molecular formula is C22H38N4O2S. The first-order valence-corrected chi connectivity index (χ1v) is 11.8. The van der Waals surface area contributed by atoms with Gasteiger partial charge in [0.15, 0.2) is 5.96 Å². The van der Waals surface area contributed by atoms with E-state index in [1.807, 2.05) is 18.4 Å². The molecule has 1 aliphatic heterocycles. The predicted octanol–water partition coefficient (Wildman–Crippen LogP) is 3.19. The molecule has 2 fully saturated rings. The molecule has 2 aliphatic rings. The smallest absolute Gasteiger partial charge is 0.191 e. The van der Waals surface area contributed by atoms with E-state index in [4.69, 9.17) is 9.47 Å². The van der Waals surface area contributed by atoms with Gasteiger partial charge >= 0.3 is 0 Å². The molecule has 1 unspecified atom stereocenters. The fraction of sp³-hybridized carbons (Fsp3) is 0.773. The van der Waals surface area contributed by atoms with E-state index in [-0.39, 0.29) is 0 Å². The van der Waals surface area contributed by atoms with E-state index in [1.54, 1.807) is 7.11 Å². The summed E-state index contributed by atoms with van der Waals surface area (Å²) in [6.45, 7) is 8.43. The summed E-state index contributed by atoms with van der Waals surface area (Å²) < 4.78 is 10.9. The molecule has 2 N–H and O–H groups in total. The van der Waals surface area contributed by atoms with Crippen molar-refractivity contribution >= 4 is 17.3 Å². The van der Waals surface area contributed by atoms with Gasteiger partial charge in [0.25, 0.3) is 0 Å². The lowest BCUT2D eigenvalue weighted by Crippen LogP contribution is -2.48. The van der Waals surface area contributed by atoms with Crippen LogP contribution in [0.15, 0.2) is 17.1 Å². The average molecular weight is 423 g/mol. The molecule has 0 aromatic carbocycles. The zero-order chi connectivity index (χ0) is 20.5. The SMILES string of the molecule is CN=C(NCC(c1ccc(C)s1)N1CCOCC1)NCC1(CCOC)CCCC1. The van der Waals surface area contributed by atoms with Crippen molar-refractivity contribution in [3.8, 4) is 0 Å². The number of rotatable bonds is 9. The highest BCUT2D eigenvalue weighted by Crippen LogP contribution is 2.40. The molecule has 1 saturated heterocycles. The van der Waals surface area contributed by atoms with Gasteiger partial charge in [-0.3, -0.25) is 9.89 Å². The number of nitrogens with zero attached hydrogens (tertiary/aromatic N) is 2. The van der Waals surface area contributed by atoms with Crippen molar-refractivity contribution in [1.82, 2.24) is 15.5 Å². The third-order valence-electron chi connectivity index (χ3n) is 6.39. The summed E-state index contributed by atoms with van der Waals surface area (Å²) >= 11 is 1.89. The molecule has 164 valence electrons. The zero-order valence-electron chi connectivity index (χ0n) is 18.3. The van der Waals surface area contributed by atoms with Crippen LogP contribution >= 0.6 is 11.3 Å². The monoisotopic (exact) mass is 422 g/mol. The molecule has 1 saturated carbocycles. The van der Waals surface area contributed by atoms with Crippen LogP contribution in [0.1, 0.15) is 47.9 Å². The third kappa shape index (κ3) is 6.41. The molecule has 6 nitrogen and oxygen atoms in total. The topological polar surface area (TPSA) is 58.1 Å². The number of aryl methyl sites for hydroxylation is 1. The minimum absolute atomic E-state index is 0.349. The van der Waals surface area contributed by atoms with Gasteiger partial charge in [0.2, 0.25) is 0 Å². The second kappa shape index (κ2) is 11.3. The lowest BCUT2D eigenvalue weighted by atomic mass is 9.83. The van der Waals surface area contributed by atoms with Crippen molar-refractivity contribution < 1.29 is 9.47 Å². The maximum Gasteiger partial charge on any atom is 0.191 e. The van der Waals surface area contributed by atoms with Crippen molar-refractivity contribution in [2.75, 3.05) is 60.2 Å². The van der Waals surface area contributed by atoms with E-state index in [1.165, 1.54) is 35.4 Å². The van der Waals surface area contributed by atoms with E-state index >= 15 is 0 Å². The first-order chi connectivity index (χ1) is 14.2. The van der Waals surface area contributed by atoms with E-state index < -0.39 is 0 Å². The Morgan fingerprint density at radius 2 is 2.03 bits per heavy atom. The summed E-state index contributed by atoms with van der Waals surface area (Å²) in [4.78, 5) is 9.81. The van der Waals surface area contributed by atoms with Gasteiger partial charge in [-0.2, -0.15) is 0 Å². The van der Waals surface area contributed by atoms with E-state index in [9.17, 15) is 0 Å². The van der Waals surface area contributed by atoms with Crippen LogP contribution in [0.4, 0.5) is 0 Å². The number of ether oxygens (including phenoxy) is 2. The molecule has 3 rings (SSSR count). The number of guanidine groups is 1. The van der Waals surface area contributed by atoms with Gasteiger partial charge in [-0.25, -0.2) is 0 Å². The zero-order valence-corrected chi connectivity index (χ0v) is 19.2. The molecule has 29 heavy (non-hydrogen) atoms. The van der Waals surface area contributed by atoms with E-state index in [0.717, 1.165) is 58.4 Å². The van der Waals surface area contributed by atoms with Crippen molar-refractivity contribution in [3.05, 3.63) is 21.9 Å². The number of methoxy groups -OCH3 is 1. The number of morpholine rings is 1. The van der Waals surface area contributed by atoms with Gasteiger partial charge < -0.3 is 20.1 Å².